The molecule has 4 rings (SSSR count). The molecule has 1 atom stereocenters. The zero-order valence-electron chi connectivity index (χ0n) is 18.7. The third-order valence-corrected chi connectivity index (χ3v) is 7.18. The first kappa shape index (κ1) is 26.6. The van der Waals surface area contributed by atoms with Gasteiger partial charge >= 0.3 is 5.97 Å². The predicted octanol–water partition coefficient (Wildman–Crippen LogP) is 6.88. The number of carbonyl (C=O) groups is 3. The third-order valence-electron chi connectivity index (χ3n) is 5.23. The number of hydrogen-bond acceptors (Lipinski definition) is 5. The molecule has 2 amide bonds. The lowest BCUT2D eigenvalue weighted by Gasteiger charge is -2.27. The van der Waals surface area contributed by atoms with Crippen LogP contribution in [0.1, 0.15) is 11.6 Å². The van der Waals surface area contributed by atoms with E-state index in [4.69, 9.17) is 39.9 Å². The summed E-state index contributed by atoms with van der Waals surface area (Å²) in [6, 6.07) is 17.7. The molecule has 0 aromatic heterocycles. The normalized spacial score (nSPS) is 15.5. The topological polar surface area (TPSA) is 107 Å². The van der Waals surface area contributed by atoms with E-state index in [-0.39, 0.29) is 10.7 Å². The van der Waals surface area contributed by atoms with Crippen molar-refractivity contribution in [2.75, 3.05) is 10.2 Å². The molecule has 1 unspecified atom stereocenters. The second kappa shape index (κ2) is 11.3. The average Bonchev–Trinajstić information content (AvgIpc) is 3.10. The number of benzene rings is 3. The number of nitrogens with zero attached hydrogens (tertiary/aromatic N) is 1. The van der Waals surface area contributed by atoms with Crippen LogP contribution in [0.25, 0.3) is 0 Å². The number of aliphatic carboxylic acids is 1. The van der Waals surface area contributed by atoms with Gasteiger partial charge in [-0.1, -0.05) is 64.8 Å². The van der Waals surface area contributed by atoms with Crippen LogP contribution < -0.4 is 10.2 Å². The maximum absolute atomic E-state index is 13.3. The van der Waals surface area contributed by atoms with Gasteiger partial charge in [-0.3, -0.25) is 14.5 Å². The molecule has 0 spiro atoms. The van der Waals surface area contributed by atoms with E-state index >= 15 is 0 Å². The van der Waals surface area contributed by atoms with Gasteiger partial charge in [0.15, 0.2) is 5.76 Å². The highest BCUT2D eigenvalue weighted by Gasteiger charge is 2.42. The number of thioether (sulfide) groups is 1. The zero-order valence-corrected chi connectivity index (χ0v) is 21.8. The molecule has 7 nitrogen and oxygen atoms in total. The second-order valence-electron chi connectivity index (χ2n) is 7.73. The summed E-state index contributed by atoms with van der Waals surface area (Å²) < 4.78 is 0. The van der Waals surface area contributed by atoms with Crippen molar-refractivity contribution in [1.29, 1.82) is 0 Å². The molecule has 3 aromatic carbocycles. The number of anilines is 2. The number of carboxylic acids is 1. The first-order chi connectivity index (χ1) is 17.6. The standard InChI is InChI=1S/C26H17Cl3N2O5S/c27-15-6-4-14(5-7-15)23-25(24(35)26(36)31(23)17-3-1-2-16(28)12-17)37-18-8-9-19(29)20(13-18)30-21(32)10-11-22(33)34/h1-13,23,35H,(H,30,32)(H,33,34). The highest BCUT2D eigenvalue weighted by atomic mass is 35.5. The lowest BCUT2D eigenvalue weighted by molar-refractivity contribution is -0.131. The molecule has 0 bridgehead atoms. The molecular formula is C26H17Cl3N2O5S. The van der Waals surface area contributed by atoms with Crippen LogP contribution in [0.4, 0.5) is 11.4 Å². The fourth-order valence-electron chi connectivity index (χ4n) is 3.64. The monoisotopic (exact) mass is 574 g/mol. The number of amides is 2. The van der Waals surface area contributed by atoms with Crippen LogP contribution in [-0.2, 0) is 14.4 Å². The lowest BCUT2D eigenvalue weighted by atomic mass is 10.1. The zero-order chi connectivity index (χ0) is 26.7. The first-order valence-electron chi connectivity index (χ1n) is 10.6. The number of carbonyl (C=O) groups excluding carboxylic acids is 2. The Bertz CT molecular complexity index is 1460. The van der Waals surface area contributed by atoms with Crippen molar-refractivity contribution in [3.8, 4) is 0 Å². The fourth-order valence-corrected chi connectivity index (χ4v) is 5.22. The Balaban J connectivity index is 1.72. The van der Waals surface area contributed by atoms with Gasteiger partial charge in [-0.25, -0.2) is 4.79 Å². The minimum atomic E-state index is -1.27. The predicted molar refractivity (Wildman–Crippen MR) is 146 cm³/mol. The average molecular weight is 576 g/mol. The molecule has 11 heteroatoms. The van der Waals surface area contributed by atoms with Crippen LogP contribution >= 0.6 is 46.6 Å². The largest absolute Gasteiger partial charge is 0.502 e. The van der Waals surface area contributed by atoms with E-state index in [2.05, 4.69) is 5.32 Å². The smallest absolute Gasteiger partial charge is 0.328 e. The van der Waals surface area contributed by atoms with Gasteiger partial charge in [0.25, 0.3) is 5.91 Å². The van der Waals surface area contributed by atoms with Gasteiger partial charge in [-0.05, 0) is 54.1 Å². The molecule has 188 valence electrons. The maximum atomic E-state index is 13.3. The van der Waals surface area contributed by atoms with Gasteiger partial charge in [0, 0.05) is 32.8 Å². The molecular weight excluding hydrogens is 559 g/mol. The molecule has 0 aliphatic carbocycles. The number of carboxylic acid groups (broad SMARTS) is 1. The Morgan fingerprint density at radius 1 is 0.946 bits per heavy atom. The Morgan fingerprint density at radius 2 is 1.68 bits per heavy atom. The molecule has 1 aliphatic rings. The molecule has 0 saturated carbocycles. The quantitative estimate of drug-likeness (QED) is 0.265. The summed E-state index contributed by atoms with van der Waals surface area (Å²) in [6.45, 7) is 0. The van der Waals surface area contributed by atoms with E-state index in [1.165, 1.54) is 4.90 Å². The SMILES string of the molecule is O=C(O)C=CC(=O)Nc1cc(SC2=C(O)C(=O)N(c3cccc(Cl)c3)C2c2ccc(Cl)cc2)ccc1Cl. The summed E-state index contributed by atoms with van der Waals surface area (Å²) >= 11 is 19.6. The molecule has 1 heterocycles. The number of halogens is 3. The minimum absolute atomic E-state index is 0.219. The maximum Gasteiger partial charge on any atom is 0.328 e. The number of aliphatic hydroxyl groups excluding tert-OH is 1. The first-order valence-corrected chi connectivity index (χ1v) is 12.6. The number of hydrogen-bond donors (Lipinski definition) is 3. The molecule has 3 N–H and O–H groups in total. The van der Waals surface area contributed by atoms with Crippen LogP contribution in [-0.4, -0.2) is 28.0 Å². The minimum Gasteiger partial charge on any atom is -0.502 e. The summed E-state index contributed by atoms with van der Waals surface area (Å²) in [5.74, 6) is -2.99. The second-order valence-corrected chi connectivity index (χ2v) is 10.1. The number of rotatable bonds is 7. The van der Waals surface area contributed by atoms with Crippen molar-refractivity contribution in [1.82, 2.24) is 0 Å². The Morgan fingerprint density at radius 3 is 2.35 bits per heavy atom. The summed E-state index contributed by atoms with van der Waals surface area (Å²) in [5.41, 5.74) is 1.42. The third kappa shape index (κ3) is 6.11. The van der Waals surface area contributed by atoms with Gasteiger partial charge in [0.1, 0.15) is 0 Å². The molecule has 37 heavy (non-hydrogen) atoms. The lowest BCUT2D eigenvalue weighted by Crippen LogP contribution is -2.30. The van der Waals surface area contributed by atoms with Gasteiger partial charge < -0.3 is 15.5 Å². The van der Waals surface area contributed by atoms with E-state index in [0.29, 0.717) is 37.2 Å². The van der Waals surface area contributed by atoms with Gasteiger partial charge in [-0.2, -0.15) is 0 Å². The van der Waals surface area contributed by atoms with Crippen molar-refractivity contribution in [2.45, 2.75) is 10.9 Å². The number of aliphatic hydroxyl groups is 1. The van der Waals surface area contributed by atoms with Gasteiger partial charge in [-0.15, -0.1) is 0 Å². The van der Waals surface area contributed by atoms with Crippen LogP contribution in [0.15, 0.2) is 94.4 Å². The molecule has 0 saturated heterocycles. The van der Waals surface area contributed by atoms with E-state index in [1.54, 1.807) is 66.7 Å². The van der Waals surface area contributed by atoms with Crippen molar-refractivity contribution >= 4 is 75.7 Å². The Labute approximate surface area is 230 Å². The van der Waals surface area contributed by atoms with Crippen LogP contribution in [0, 0.1) is 0 Å². The fraction of sp³-hybridized carbons (Fsp3) is 0.0385. The van der Waals surface area contributed by atoms with E-state index in [1.807, 2.05) is 0 Å². The van der Waals surface area contributed by atoms with E-state index in [0.717, 1.165) is 17.8 Å². The van der Waals surface area contributed by atoms with E-state index in [9.17, 15) is 19.5 Å². The summed E-state index contributed by atoms with van der Waals surface area (Å²) in [7, 11) is 0. The number of nitrogens with one attached hydrogen (secondary N) is 1. The summed E-state index contributed by atoms with van der Waals surface area (Å²) in [4.78, 5) is 38.3. The van der Waals surface area contributed by atoms with Crippen molar-refractivity contribution in [2.24, 2.45) is 0 Å². The van der Waals surface area contributed by atoms with Crippen LogP contribution in [0.2, 0.25) is 15.1 Å². The molecule has 3 aromatic rings. The van der Waals surface area contributed by atoms with Crippen molar-refractivity contribution in [3.63, 3.8) is 0 Å². The Hall–Kier alpha value is -3.43. The van der Waals surface area contributed by atoms with Crippen molar-refractivity contribution < 1.29 is 24.6 Å². The van der Waals surface area contributed by atoms with Gasteiger partial charge in [0.2, 0.25) is 5.91 Å². The van der Waals surface area contributed by atoms with E-state index < -0.39 is 29.6 Å². The molecule has 0 radical (unpaired) electrons. The van der Waals surface area contributed by atoms with Crippen molar-refractivity contribution in [3.05, 3.63) is 110 Å². The molecule has 1 aliphatic heterocycles. The van der Waals surface area contributed by atoms with Crippen LogP contribution in [0.3, 0.4) is 0 Å². The summed E-state index contributed by atoms with van der Waals surface area (Å²) in [5, 5.41) is 23.3. The van der Waals surface area contributed by atoms with Crippen LogP contribution in [0.5, 0.6) is 0 Å². The highest BCUT2D eigenvalue weighted by Crippen LogP contribution is 2.48. The highest BCUT2D eigenvalue weighted by molar-refractivity contribution is 8.03. The Kier molecular flexibility index (Phi) is 8.14. The van der Waals surface area contributed by atoms with Gasteiger partial charge in [0.05, 0.1) is 21.7 Å². The summed E-state index contributed by atoms with van der Waals surface area (Å²) in [6.07, 6.45) is 1.57. The molecule has 0 fully saturated rings.